The van der Waals surface area contributed by atoms with Crippen LogP contribution in [0.25, 0.3) is 0 Å². The largest absolute Gasteiger partial charge is 0.494 e. The SMILES string of the molecule is CCCOc1cccc(C(=O)c2ccc(Br)o2)c1. The smallest absolute Gasteiger partial charge is 0.228 e. The topological polar surface area (TPSA) is 39.4 Å². The molecule has 0 amide bonds. The van der Waals surface area contributed by atoms with E-state index in [4.69, 9.17) is 9.15 Å². The molecule has 0 unspecified atom stereocenters. The normalized spacial score (nSPS) is 10.3. The molecule has 2 aromatic rings. The molecule has 18 heavy (non-hydrogen) atoms. The lowest BCUT2D eigenvalue weighted by molar-refractivity contribution is 0.101. The standard InChI is InChI=1S/C14H13BrO3/c1-2-8-17-11-5-3-4-10(9-11)14(16)12-6-7-13(15)18-12/h3-7,9H,2,8H2,1H3. The zero-order chi connectivity index (χ0) is 13.0. The first-order valence-electron chi connectivity index (χ1n) is 5.73. The van der Waals surface area contributed by atoms with E-state index in [0.29, 0.717) is 28.3 Å². The van der Waals surface area contributed by atoms with Crippen molar-refractivity contribution in [3.8, 4) is 5.75 Å². The number of ether oxygens (including phenoxy) is 1. The number of halogens is 1. The van der Waals surface area contributed by atoms with E-state index in [-0.39, 0.29) is 5.78 Å². The van der Waals surface area contributed by atoms with Gasteiger partial charge in [0.25, 0.3) is 0 Å². The van der Waals surface area contributed by atoms with Crippen LogP contribution in [0.5, 0.6) is 5.75 Å². The van der Waals surface area contributed by atoms with Gasteiger partial charge >= 0.3 is 0 Å². The average Bonchev–Trinajstić information content (AvgIpc) is 2.82. The Morgan fingerprint density at radius 2 is 2.17 bits per heavy atom. The summed E-state index contributed by atoms with van der Waals surface area (Å²) in [6.07, 6.45) is 0.934. The lowest BCUT2D eigenvalue weighted by Crippen LogP contribution is -2.01. The van der Waals surface area contributed by atoms with Gasteiger partial charge in [0.1, 0.15) is 5.75 Å². The second kappa shape index (κ2) is 5.87. The van der Waals surface area contributed by atoms with Crippen molar-refractivity contribution >= 4 is 21.7 Å². The highest BCUT2D eigenvalue weighted by Crippen LogP contribution is 2.20. The van der Waals surface area contributed by atoms with E-state index in [0.717, 1.165) is 6.42 Å². The summed E-state index contributed by atoms with van der Waals surface area (Å²) < 4.78 is 11.3. The number of benzene rings is 1. The molecule has 0 bridgehead atoms. The fraction of sp³-hybridized carbons (Fsp3) is 0.214. The van der Waals surface area contributed by atoms with Crippen LogP contribution in [0.1, 0.15) is 29.5 Å². The molecule has 0 aliphatic heterocycles. The Balaban J connectivity index is 2.20. The van der Waals surface area contributed by atoms with Gasteiger partial charge in [-0.15, -0.1) is 0 Å². The summed E-state index contributed by atoms with van der Waals surface area (Å²) in [7, 11) is 0. The second-order valence-electron chi connectivity index (χ2n) is 3.81. The van der Waals surface area contributed by atoms with E-state index in [1.165, 1.54) is 0 Å². The summed E-state index contributed by atoms with van der Waals surface area (Å²) in [4.78, 5) is 12.1. The maximum Gasteiger partial charge on any atom is 0.228 e. The first kappa shape index (κ1) is 12.9. The van der Waals surface area contributed by atoms with Crippen LogP contribution in [0.2, 0.25) is 0 Å². The van der Waals surface area contributed by atoms with Gasteiger partial charge in [-0.3, -0.25) is 4.79 Å². The van der Waals surface area contributed by atoms with Crippen molar-refractivity contribution in [2.24, 2.45) is 0 Å². The number of furan rings is 1. The van der Waals surface area contributed by atoms with Crippen LogP contribution in [-0.4, -0.2) is 12.4 Å². The summed E-state index contributed by atoms with van der Waals surface area (Å²) in [5.74, 6) is 0.866. The van der Waals surface area contributed by atoms with Gasteiger partial charge in [0.05, 0.1) is 6.61 Å². The summed E-state index contributed by atoms with van der Waals surface area (Å²) >= 11 is 3.18. The Kier molecular flexibility index (Phi) is 4.20. The van der Waals surface area contributed by atoms with Crippen molar-refractivity contribution in [2.75, 3.05) is 6.61 Å². The number of ketones is 1. The van der Waals surface area contributed by atoms with Crippen molar-refractivity contribution < 1.29 is 13.9 Å². The monoisotopic (exact) mass is 308 g/mol. The van der Waals surface area contributed by atoms with Crippen molar-refractivity contribution in [3.63, 3.8) is 0 Å². The van der Waals surface area contributed by atoms with E-state index in [2.05, 4.69) is 15.9 Å². The molecule has 0 radical (unpaired) electrons. The van der Waals surface area contributed by atoms with Crippen molar-refractivity contribution in [2.45, 2.75) is 13.3 Å². The molecule has 0 atom stereocenters. The van der Waals surface area contributed by atoms with Crippen molar-refractivity contribution in [1.82, 2.24) is 0 Å². The average molecular weight is 309 g/mol. The minimum absolute atomic E-state index is 0.150. The molecule has 0 fully saturated rings. The highest BCUT2D eigenvalue weighted by Gasteiger charge is 2.13. The minimum Gasteiger partial charge on any atom is -0.494 e. The van der Waals surface area contributed by atoms with Crippen molar-refractivity contribution in [1.29, 1.82) is 0 Å². The number of carbonyl (C=O) groups excluding carboxylic acids is 1. The van der Waals surface area contributed by atoms with Crippen LogP contribution in [0, 0.1) is 0 Å². The molecule has 0 N–H and O–H groups in total. The fourth-order valence-electron chi connectivity index (χ4n) is 1.53. The maximum absolute atomic E-state index is 12.1. The third kappa shape index (κ3) is 3.01. The van der Waals surface area contributed by atoms with Gasteiger partial charge < -0.3 is 9.15 Å². The summed E-state index contributed by atoms with van der Waals surface area (Å²) in [6.45, 7) is 2.68. The lowest BCUT2D eigenvalue weighted by Gasteiger charge is -2.05. The molecule has 1 heterocycles. The molecule has 3 nitrogen and oxygen atoms in total. The molecule has 0 aliphatic rings. The Hall–Kier alpha value is -1.55. The first-order valence-corrected chi connectivity index (χ1v) is 6.53. The molecule has 94 valence electrons. The molecule has 2 rings (SSSR count). The third-order valence-corrected chi connectivity index (χ3v) is 2.79. The first-order chi connectivity index (χ1) is 8.70. The Morgan fingerprint density at radius 3 is 2.83 bits per heavy atom. The molecular formula is C14H13BrO3. The molecule has 0 spiro atoms. The van der Waals surface area contributed by atoms with Crippen LogP contribution in [0.15, 0.2) is 45.5 Å². The van der Waals surface area contributed by atoms with Crippen LogP contribution >= 0.6 is 15.9 Å². The van der Waals surface area contributed by atoms with E-state index in [1.54, 1.807) is 30.3 Å². The van der Waals surface area contributed by atoms with Crippen LogP contribution in [-0.2, 0) is 0 Å². The summed E-state index contributed by atoms with van der Waals surface area (Å²) in [6, 6.07) is 10.5. The van der Waals surface area contributed by atoms with Gasteiger partial charge in [-0.1, -0.05) is 19.1 Å². The highest BCUT2D eigenvalue weighted by atomic mass is 79.9. The Bertz CT molecular complexity index is 545. The van der Waals surface area contributed by atoms with E-state index < -0.39 is 0 Å². The maximum atomic E-state index is 12.1. The Morgan fingerprint density at radius 1 is 1.33 bits per heavy atom. The van der Waals surface area contributed by atoms with Crippen molar-refractivity contribution in [3.05, 3.63) is 52.4 Å². The summed E-state index contributed by atoms with van der Waals surface area (Å²) in [5, 5.41) is 0. The van der Waals surface area contributed by atoms with E-state index in [9.17, 15) is 4.79 Å². The molecule has 1 aromatic heterocycles. The van der Waals surface area contributed by atoms with E-state index in [1.807, 2.05) is 13.0 Å². The zero-order valence-corrected chi connectivity index (χ0v) is 11.6. The van der Waals surface area contributed by atoms with Crippen LogP contribution in [0.3, 0.4) is 0 Å². The number of carbonyl (C=O) groups is 1. The van der Waals surface area contributed by atoms with Gasteiger partial charge in [0.2, 0.25) is 5.78 Å². The van der Waals surface area contributed by atoms with E-state index >= 15 is 0 Å². The van der Waals surface area contributed by atoms with Gasteiger partial charge in [-0.2, -0.15) is 0 Å². The predicted molar refractivity (Wildman–Crippen MR) is 72.1 cm³/mol. The minimum atomic E-state index is -0.150. The van der Waals surface area contributed by atoms with Gasteiger partial charge in [0.15, 0.2) is 10.4 Å². The molecule has 0 saturated carbocycles. The number of hydrogen-bond donors (Lipinski definition) is 0. The number of rotatable bonds is 5. The molecule has 0 saturated heterocycles. The molecular weight excluding hydrogens is 296 g/mol. The van der Waals surface area contributed by atoms with Crippen LogP contribution < -0.4 is 4.74 Å². The molecule has 1 aromatic carbocycles. The Labute approximate surface area is 114 Å². The fourth-order valence-corrected chi connectivity index (χ4v) is 1.83. The predicted octanol–water partition coefficient (Wildman–Crippen LogP) is 4.06. The summed E-state index contributed by atoms with van der Waals surface area (Å²) in [5.41, 5.74) is 0.561. The quantitative estimate of drug-likeness (QED) is 0.782. The zero-order valence-electron chi connectivity index (χ0n) is 9.98. The third-order valence-electron chi connectivity index (χ3n) is 2.37. The number of hydrogen-bond acceptors (Lipinski definition) is 3. The van der Waals surface area contributed by atoms with Crippen LogP contribution in [0.4, 0.5) is 0 Å². The van der Waals surface area contributed by atoms with Gasteiger partial charge in [-0.25, -0.2) is 0 Å². The van der Waals surface area contributed by atoms with Gasteiger partial charge in [0, 0.05) is 5.56 Å². The molecule has 0 aliphatic carbocycles. The lowest BCUT2D eigenvalue weighted by atomic mass is 10.1. The highest BCUT2D eigenvalue weighted by molar-refractivity contribution is 9.10. The van der Waals surface area contributed by atoms with Gasteiger partial charge in [-0.05, 0) is 46.6 Å². The molecule has 4 heteroatoms. The second-order valence-corrected chi connectivity index (χ2v) is 4.59.